The summed E-state index contributed by atoms with van der Waals surface area (Å²) < 4.78 is 11.1. The number of nitrogens with zero attached hydrogens (tertiary/aromatic N) is 2. The van der Waals surface area contributed by atoms with Crippen molar-refractivity contribution in [3.05, 3.63) is 17.3 Å². The number of aryl methyl sites for hydroxylation is 2. The average molecular weight is 321 g/mol. The Hall–Kier alpha value is -1.40. The number of ether oxygens (including phenoxy) is 1. The van der Waals surface area contributed by atoms with Crippen molar-refractivity contribution in [1.82, 2.24) is 15.2 Å². The van der Waals surface area contributed by atoms with Gasteiger partial charge in [0, 0.05) is 13.2 Å². The maximum atomic E-state index is 12.0. The van der Waals surface area contributed by atoms with E-state index in [-0.39, 0.29) is 12.0 Å². The molecule has 1 atom stereocenters. The second-order valence-corrected chi connectivity index (χ2v) is 6.72. The number of carbonyl (C=O) groups excluding carboxylic acids is 1. The van der Waals surface area contributed by atoms with E-state index in [1.807, 2.05) is 13.8 Å². The molecule has 3 rings (SSSR count). The molecule has 2 fully saturated rings. The third-order valence-corrected chi connectivity index (χ3v) is 4.93. The monoisotopic (exact) mass is 321 g/mol. The van der Waals surface area contributed by atoms with E-state index in [0.29, 0.717) is 5.92 Å². The van der Waals surface area contributed by atoms with E-state index in [9.17, 15) is 4.79 Å². The maximum Gasteiger partial charge on any atom is 0.249 e. The minimum absolute atomic E-state index is 0.0654. The number of likely N-dealkylation sites (tertiary alicyclic amines) is 1. The van der Waals surface area contributed by atoms with Gasteiger partial charge in [0.15, 0.2) is 0 Å². The highest BCUT2D eigenvalue weighted by Gasteiger charge is 2.25. The summed E-state index contributed by atoms with van der Waals surface area (Å²) in [6.07, 6.45) is 3.84. The highest BCUT2D eigenvalue weighted by molar-refractivity contribution is 5.80. The fourth-order valence-corrected chi connectivity index (χ4v) is 3.29. The fraction of sp³-hybridized carbons (Fsp3) is 0.765. The van der Waals surface area contributed by atoms with Crippen LogP contribution in [-0.2, 0) is 16.1 Å². The van der Waals surface area contributed by atoms with Gasteiger partial charge in [-0.05, 0) is 58.5 Å². The van der Waals surface area contributed by atoms with Crippen LogP contribution in [0.5, 0.6) is 0 Å². The van der Waals surface area contributed by atoms with Crippen LogP contribution in [0.15, 0.2) is 4.42 Å². The van der Waals surface area contributed by atoms with E-state index in [1.54, 1.807) is 0 Å². The molecule has 2 aliphatic rings. The first-order valence-corrected chi connectivity index (χ1v) is 8.66. The number of hydrogen-bond acceptors (Lipinski definition) is 5. The highest BCUT2D eigenvalue weighted by Crippen LogP contribution is 2.19. The molecular weight excluding hydrogens is 294 g/mol. The molecule has 0 saturated carbocycles. The van der Waals surface area contributed by atoms with E-state index >= 15 is 0 Å². The summed E-state index contributed by atoms with van der Waals surface area (Å²) in [5, 5.41) is 3.06. The molecule has 3 heterocycles. The predicted octanol–water partition coefficient (Wildman–Crippen LogP) is 1.80. The van der Waals surface area contributed by atoms with Crippen molar-refractivity contribution in [2.75, 3.05) is 26.2 Å². The Morgan fingerprint density at radius 1 is 1.30 bits per heavy atom. The molecule has 2 aliphatic heterocycles. The van der Waals surface area contributed by atoms with Gasteiger partial charge in [-0.1, -0.05) is 0 Å². The van der Waals surface area contributed by atoms with Crippen LogP contribution in [0, 0.1) is 19.8 Å². The summed E-state index contributed by atoms with van der Waals surface area (Å²) in [6.45, 7) is 8.26. The third-order valence-electron chi connectivity index (χ3n) is 4.93. The van der Waals surface area contributed by atoms with Gasteiger partial charge in [0.25, 0.3) is 0 Å². The Labute approximate surface area is 137 Å². The van der Waals surface area contributed by atoms with E-state index < -0.39 is 0 Å². The minimum atomic E-state index is -0.216. The SMILES string of the molecule is Cc1nc(CN2CCC(CNC(=O)[C@@H]3CCCO3)CC2)oc1C. The predicted molar refractivity (Wildman–Crippen MR) is 86.0 cm³/mol. The molecule has 1 aromatic heterocycles. The molecule has 0 aliphatic carbocycles. The third kappa shape index (κ3) is 4.32. The van der Waals surface area contributed by atoms with Crippen molar-refractivity contribution in [3.63, 3.8) is 0 Å². The molecule has 6 heteroatoms. The molecule has 23 heavy (non-hydrogen) atoms. The molecule has 1 amide bonds. The van der Waals surface area contributed by atoms with Crippen LogP contribution in [0.25, 0.3) is 0 Å². The van der Waals surface area contributed by atoms with Crippen LogP contribution in [-0.4, -0.2) is 48.1 Å². The zero-order valence-electron chi connectivity index (χ0n) is 14.1. The number of oxazole rings is 1. The lowest BCUT2D eigenvalue weighted by Gasteiger charge is -2.31. The second-order valence-electron chi connectivity index (χ2n) is 6.72. The summed E-state index contributed by atoms with van der Waals surface area (Å²) in [5.74, 6) is 2.34. The van der Waals surface area contributed by atoms with Gasteiger partial charge in [-0.3, -0.25) is 9.69 Å². The van der Waals surface area contributed by atoms with E-state index in [4.69, 9.17) is 9.15 Å². The summed E-state index contributed by atoms with van der Waals surface area (Å²) in [6, 6.07) is 0. The molecule has 6 nitrogen and oxygen atoms in total. The molecule has 0 aromatic carbocycles. The Morgan fingerprint density at radius 3 is 2.70 bits per heavy atom. The largest absolute Gasteiger partial charge is 0.444 e. The first kappa shape index (κ1) is 16.5. The number of piperidine rings is 1. The Kier molecular flexibility index (Phi) is 5.33. The number of rotatable bonds is 5. The van der Waals surface area contributed by atoms with Crippen LogP contribution in [0.1, 0.15) is 43.0 Å². The molecule has 0 spiro atoms. The van der Waals surface area contributed by atoms with Crippen LogP contribution in [0.3, 0.4) is 0 Å². The van der Waals surface area contributed by atoms with Crippen molar-refractivity contribution in [1.29, 1.82) is 0 Å². The first-order valence-electron chi connectivity index (χ1n) is 8.66. The Morgan fingerprint density at radius 2 is 2.09 bits per heavy atom. The number of hydrogen-bond donors (Lipinski definition) is 1. The van der Waals surface area contributed by atoms with Crippen molar-refractivity contribution in [3.8, 4) is 0 Å². The molecule has 0 bridgehead atoms. The molecule has 1 N–H and O–H groups in total. The molecule has 128 valence electrons. The van der Waals surface area contributed by atoms with Gasteiger partial charge in [0.2, 0.25) is 11.8 Å². The molecule has 2 saturated heterocycles. The normalized spacial score (nSPS) is 23.3. The lowest BCUT2D eigenvalue weighted by Crippen LogP contribution is -2.41. The highest BCUT2D eigenvalue weighted by atomic mass is 16.5. The van der Waals surface area contributed by atoms with Crippen molar-refractivity contribution < 1.29 is 13.9 Å². The van der Waals surface area contributed by atoms with Gasteiger partial charge in [-0.2, -0.15) is 0 Å². The topological polar surface area (TPSA) is 67.6 Å². The zero-order chi connectivity index (χ0) is 16.2. The smallest absolute Gasteiger partial charge is 0.249 e. The van der Waals surface area contributed by atoms with Crippen molar-refractivity contribution >= 4 is 5.91 Å². The quantitative estimate of drug-likeness (QED) is 0.896. The summed E-state index contributed by atoms with van der Waals surface area (Å²) in [7, 11) is 0. The number of carbonyl (C=O) groups is 1. The molecule has 0 unspecified atom stereocenters. The molecule has 1 aromatic rings. The standard InChI is InChI=1S/C17H27N3O3/c1-12-13(2)23-16(19-12)11-20-7-5-14(6-8-20)10-18-17(21)15-4-3-9-22-15/h14-15H,3-11H2,1-2H3,(H,18,21)/t15-/m0/s1. The molecule has 0 radical (unpaired) electrons. The van der Waals surface area contributed by atoms with E-state index in [2.05, 4.69) is 15.2 Å². The molecular formula is C17H27N3O3. The first-order chi connectivity index (χ1) is 11.1. The van der Waals surface area contributed by atoms with Crippen LogP contribution >= 0.6 is 0 Å². The lowest BCUT2D eigenvalue weighted by atomic mass is 9.96. The van der Waals surface area contributed by atoms with Crippen molar-refractivity contribution in [2.45, 2.75) is 52.2 Å². The lowest BCUT2D eigenvalue weighted by molar-refractivity contribution is -0.130. The number of amides is 1. The van der Waals surface area contributed by atoms with E-state index in [1.165, 1.54) is 0 Å². The van der Waals surface area contributed by atoms with Gasteiger partial charge in [0.05, 0.1) is 12.2 Å². The maximum absolute atomic E-state index is 12.0. The zero-order valence-corrected chi connectivity index (χ0v) is 14.1. The van der Waals surface area contributed by atoms with Gasteiger partial charge in [-0.15, -0.1) is 0 Å². The fourth-order valence-electron chi connectivity index (χ4n) is 3.29. The van der Waals surface area contributed by atoms with Crippen LogP contribution in [0.4, 0.5) is 0 Å². The Balaban J connectivity index is 1.37. The van der Waals surface area contributed by atoms with Gasteiger partial charge in [-0.25, -0.2) is 4.98 Å². The van der Waals surface area contributed by atoms with Crippen LogP contribution in [0.2, 0.25) is 0 Å². The summed E-state index contributed by atoms with van der Waals surface area (Å²) in [5.41, 5.74) is 0.978. The summed E-state index contributed by atoms with van der Waals surface area (Å²) >= 11 is 0. The number of aromatic nitrogens is 1. The minimum Gasteiger partial charge on any atom is -0.444 e. The summed E-state index contributed by atoms with van der Waals surface area (Å²) in [4.78, 5) is 18.8. The van der Waals surface area contributed by atoms with Gasteiger partial charge in [0.1, 0.15) is 11.9 Å². The Bertz CT molecular complexity index is 510. The second kappa shape index (κ2) is 7.45. The van der Waals surface area contributed by atoms with E-state index in [0.717, 1.165) is 75.8 Å². The van der Waals surface area contributed by atoms with Gasteiger partial charge >= 0.3 is 0 Å². The van der Waals surface area contributed by atoms with Crippen molar-refractivity contribution in [2.24, 2.45) is 5.92 Å². The van der Waals surface area contributed by atoms with Gasteiger partial charge < -0.3 is 14.5 Å². The number of nitrogens with one attached hydrogen (secondary N) is 1. The van der Waals surface area contributed by atoms with Crippen LogP contribution < -0.4 is 5.32 Å². The average Bonchev–Trinajstić information content (AvgIpc) is 3.17.